The molecule has 9 nitrogen and oxygen atoms in total. The normalized spacial score (nSPS) is 20.3. The summed E-state index contributed by atoms with van der Waals surface area (Å²) >= 11 is 0. The molecule has 1 aromatic rings. The molecule has 2 heterocycles. The maximum Gasteiger partial charge on any atom is 0.259 e. The first kappa shape index (κ1) is 19.6. The van der Waals surface area contributed by atoms with Crippen molar-refractivity contribution in [2.45, 2.75) is 0 Å². The van der Waals surface area contributed by atoms with Gasteiger partial charge in [-0.15, -0.1) is 0 Å². The molecule has 0 saturated heterocycles. The van der Waals surface area contributed by atoms with Crippen LogP contribution in [0.1, 0.15) is 20.7 Å². The van der Waals surface area contributed by atoms with E-state index in [0.717, 1.165) is 0 Å². The van der Waals surface area contributed by atoms with Gasteiger partial charge in [0.1, 0.15) is 13.2 Å². The van der Waals surface area contributed by atoms with Crippen molar-refractivity contribution in [3.05, 3.63) is 23.3 Å². The van der Waals surface area contributed by atoms with Crippen LogP contribution >= 0.6 is 0 Å². The quantitative estimate of drug-likeness (QED) is 0.645. The smallest absolute Gasteiger partial charge is 0.259 e. The molecule has 27 heavy (non-hydrogen) atoms. The molecule has 9 heteroatoms. The number of ether oxygens (including phenoxy) is 6. The SMILES string of the molecule is O=C1NC(=O)c2cc3c(cc21)OCCOCCOCCOCCOCCO3. The Morgan fingerprint density at radius 1 is 0.556 bits per heavy atom. The third-order valence-corrected chi connectivity index (χ3v) is 3.89. The molecule has 0 spiro atoms. The molecular formula is C18H23NO8. The fourth-order valence-corrected chi connectivity index (χ4v) is 2.58. The zero-order valence-corrected chi connectivity index (χ0v) is 15.0. The summed E-state index contributed by atoms with van der Waals surface area (Å²) in [6, 6.07) is 3.03. The van der Waals surface area contributed by atoms with Gasteiger partial charge in [-0.2, -0.15) is 0 Å². The minimum absolute atomic E-state index is 0.268. The van der Waals surface area contributed by atoms with Gasteiger partial charge in [0, 0.05) is 0 Å². The Balaban J connectivity index is 1.66. The molecule has 2 aliphatic heterocycles. The second-order valence-electron chi connectivity index (χ2n) is 5.77. The number of nitrogens with one attached hydrogen (secondary N) is 1. The van der Waals surface area contributed by atoms with Gasteiger partial charge in [-0.05, 0) is 12.1 Å². The van der Waals surface area contributed by atoms with E-state index in [1.807, 2.05) is 0 Å². The summed E-state index contributed by atoms with van der Waals surface area (Å²) < 4.78 is 33.0. The van der Waals surface area contributed by atoms with Gasteiger partial charge in [-0.25, -0.2) is 0 Å². The fraction of sp³-hybridized carbons (Fsp3) is 0.556. The molecule has 1 aromatic carbocycles. The Kier molecular flexibility index (Phi) is 7.40. The Bertz CT molecular complexity index is 608. The minimum atomic E-state index is -0.447. The minimum Gasteiger partial charge on any atom is -0.487 e. The average molecular weight is 381 g/mol. The lowest BCUT2D eigenvalue weighted by Crippen LogP contribution is -2.19. The lowest BCUT2D eigenvalue weighted by molar-refractivity contribution is -0.00842. The van der Waals surface area contributed by atoms with E-state index in [9.17, 15) is 9.59 Å². The monoisotopic (exact) mass is 381 g/mol. The molecule has 0 radical (unpaired) electrons. The summed E-state index contributed by atoms with van der Waals surface area (Å²) in [5.41, 5.74) is 0.541. The largest absolute Gasteiger partial charge is 0.487 e. The van der Waals surface area contributed by atoms with Crippen molar-refractivity contribution in [3.63, 3.8) is 0 Å². The first-order valence-electron chi connectivity index (χ1n) is 8.86. The number of carbonyl (C=O) groups excluding carboxylic acids is 2. The van der Waals surface area contributed by atoms with Crippen LogP contribution in [0, 0.1) is 0 Å². The Labute approximate surface area is 156 Å². The van der Waals surface area contributed by atoms with Gasteiger partial charge >= 0.3 is 0 Å². The van der Waals surface area contributed by atoms with Crippen molar-refractivity contribution in [1.29, 1.82) is 0 Å². The van der Waals surface area contributed by atoms with Gasteiger partial charge < -0.3 is 28.4 Å². The lowest BCUT2D eigenvalue weighted by atomic mass is 10.1. The molecule has 0 unspecified atom stereocenters. The summed E-state index contributed by atoms with van der Waals surface area (Å²) in [6.07, 6.45) is 0. The van der Waals surface area contributed by atoms with E-state index in [-0.39, 0.29) is 24.3 Å². The molecule has 1 N–H and O–H groups in total. The molecular weight excluding hydrogens is 358 g/mol. The second-order valence-corrected chi connectivity index (χ2v) is 5.77. The molecule has 3 rings (SSSR count). The molecule has 0 saturated carbocycles. The summed E-state index contributed by atoms with van der Waals surface area (Å²) in [7, 11) is 0. The number of amides is 2. The number of benzene rings is 1. The zero-order chi connectivity index (χ0) is 18.9. The van der Waals surface area contributed by atoms with Crippen LogP contribution in [0.2, 0.25) is 0 Å². The zero-order valence-electron chi connectivity index (χ0n) is 15.0. The third kappa shape index (κ3) is 5.64. The van der Waals surface area contributed by atoms with Crippen LogP contribution < -0.4 is 14.8 Å². The maximum atomic E-state index is 11.9. The van der Waals surface area contributed by atoms with E-state index in [1.165, 1.54) is 12.1 Å². The highest BCUT2D eigenvalue weighted by atomic mass is 16.6. The number of hydrogen-bond donors (Lipinski definition) is 1. The topological polar surface area (TPSA) is 102 Å². The van der Waals surface area contributed by atoms with E-state index >= 15 is 0 Å². The molecule has 0 fully saturated rings. The van der Waals surface area contributed by atoms with Crippen molar-refractivity contribution < 1.29 is 38.0 Å². The molecule has 2 amide bonds. The van der Waals surface area contributed by atoms with Crippen molar-refractivity contribution >= 4 is 11.8 Å². The van der Waals surface area contributed by atoms with Crippen LogP contribution in [0.5, 0.6) is 11.5 Å². The van der Waals surface area contributed by atoms with Gasteiger partial charge in [0.25, 0.3) is 11.8 Å². The molecule has 148 valence electrons. The standard InChI is InChI=1S/C18H23NO8/c20-17-13-11-15-16(12-14(13)18(21)19-17)27-10-8-25-6-4-23-2-1-22-3-5-24-7-9-26-15/h11-12H,1-10H2,(H,19,20,21). The number of imide groups is 1. The fourth-order valence-electron chi connectivity index (χ4n) is 2.58. The number of fused-ring (bicyclic) bond motifs is 2. The Hall–Kier alpha value is -2.20. The molecule has 0 bridgehead atoms. The van der Waals surface area contributed by atoms with Gasteiger partial charge in [-0.1, -0.05) is 0 Å². The van der Waals surface area contributed by atoms with E-state index in [2.05, 4.69) is 5.32 Å². The predicted molar refractivity (Wildman–Crippen MR) is 92.5 cm³/mol. The summed E-state index contributed by atoms with van der Waals surface area (Å²) in [5, 5.41) is 2.26. The van der Waals surface area contributed by atoms with Gasteiger partial charge in [-0.3, -0.25) is 14.9 Å². The van der Waals surface area contributed by atoms with Crippen molar-refractivity contribution in [2.24, 2.45) is 0 Å². The number of rotatable bonds is 0. The van der Waals surface area contributed by atoms with Crippen molar-refractivity contribution in [2.75, 3.05) is 66.1 Å². The summed E-state index contributed by atoms with van der Waals surface area (Å²) in [4.78, 5) is 23.7. The van der Waals surface area contributed by atoms with Gasteiger partial charge in [0.15, 0.2) is 11.5 Å². The van der Waals surface area contributed by atoms with Gasteiger partial charge in [0.2, 0.25) is 0 Å². The molecule has 0 aromatic heterocycles. The summed E-state index contributed by atoms with van der Waals surface area (Å²) in [6.45, 7) is 4.06. The summed E-state index contributed by atoms with van der Waals surface area (Å²) in [5.74, 6) is -0.138. The van der Waals surface area contributed by atoms with Crippen LogP contribution in [-0.4, -0.2) is 77.9 Å². The van der Waals surface area contributed by atoms with Gasteiger partial charge in [0.05, 0.1) is 64.0 Å². The molecule has 2 aliphatic rings. The Morgan fingerprint density at radius 3 is 1.26 bits per heavy atom. The van der Waals surface area contributed by atoms with Crippen molar-refractivity contribution in [1.82, 2.24) is 5.32 Å². The average Bonchev–Trinajstić information content (AvgIpc) is 2.93. The van der Waals surface area contributed by atoms with Crippen molar-refractivity contribution in [3.8, 4) is 11.5 Å². The highest BCUT2D eigenvalue weighted by Gasteiger charge is 2.29. The second kappa shape index (κ2) is 10.2. The van der Waals surface area contributed by atoms with E-state index < -0.39 is 11.8 Å². The van der Waals surface area contributed by atoms with E-state index in [1.54, 1.807) is 0 Å². The molecule has 0 aliphatic carbocycles. The predicted octanol–water partition coefficient (Wildman–Crippen LogP) is 0.408. The van der Waals surface area contributed by atoms with Crippen LogP contribution in [0.25, 0.3) is 0 Å². The number of carbonyl (C=O) groups is 2. The van der Waals surface area contributed by atoms with Crippen LogP contribution in [0.4, 0.5) is 0 Å². The Morgan fingerprint density at radius 2 is 0.889 bits per heavy atom. The van der Waals surface area contributed by atoms with E-state index in [0.29, 0.717) is 64.4 Å². The first-order valence-corrected chi connectivity index (χ1v) is 8.86. The third-order valence-electron chi connectivity index (χ3n) is 3.89. The molecule has 0 atom stereocenters. The van der Waals surface area contributed by atoms with Crippen LogP contribution in [-0.2, 0) is 18.9 Å². The highest BCUT2D eigenvalue weighted by Crippen LogP contribution is 2.33. The first-order chi connectivity index (χ1) is 13.3. The number of hydrogen-bond acceptors (Lipinski definition) is 8. The lowest BCUT2D eigenvalue weighted by Gasteiger charge is -2.15. The highest BCUT2D eigenvalue weighted by molar-refractivity contribution is 6.21. The van der Waals surface area contributed by atoms with E-state index in [4.69, 9.17) is 28.4 Å². The van der Waals surface area contributed by atoms with Crippen LogP contribution in [0.3, 0.4) is 0 Å². The maximum absolute atomic E-state index is 11.9. The van der Waals surface area contributed by atoms with Crippen LogP contribution in [0.15, 0.2) is 12.1 Å².